The van der Waals surface area contributed by atoms with Crippen LogP contribution in [0.3, 0.4) is 0 Å². The minimum Gasteiger partial charge on any atom is -0.496 e. The number of piperidine rings is 1. The highest BCUT2D eigenvalue weighted by Gasteiger charge is 2.29. The van der Waals surface area contributed by atoms with Crippen LogP contribution in [0.15, 0.2) is 29.6 Å². The summed E-state index contributed by atoms with van der Waals surface area (Å²) in [6.45, 7) is 0.819. The summed E-state index contributed by atoms with van der Waals surface area (Å²) in [6.07, 6.45) is 1.31. The molecule has 24 heavy (non-hydrogen) atoms. The minimum absolute atomic E-state index is 0.210. The zero-order valence-electron chi connectivity index (χ0n) is 13.3. The SMILES string of the molecule is COc1ccccc1-c1nc(C(=O)N2CCCC(C(=O)O)C2)cs1. The number of aromatic nitrogens is 1. The van der Waals surface area contributed by atoms with Gasteiger partial charge in [-0.15, -0.1) is 11.3 Å². The van der Waals surface area contributed by atoms with Gasteiger partial charge in [-0.1, -0.05) is 12.1 Å². The van der Waals surface area contributed by atoms with Crippen LogP contribution in [-0.2, 0) is 4.79 Å². The molecule has 1 aliphatic heterocycles. The molecule has 1 amide bonds. The van der Waals surface area contributed by atoms with E-state index in [1.165, 1.54) is 11.3 Å². The van der Waals surface area contributed by atoms with E-state index in [1.54, 1.807) is 17.4 Å². The van der Waals surface area contributed by atoms with Crippen molar-refractivity contribution in [1.82, 2.24) is 9.88 Å². The van der Waals surface area contributed by atoms with Crippen LogP contribution >= 0.6 is 11.3 Å². The van der Waals surface area contributed by atoms with Crippen molar-refractivity contribution in [2.75, 3.05) is 20.2 Å². The van der Waals surface area contributed by atoms with E-state index in [4.69, 9.17) is 9.84 Å². The molecule has 126 valence electrons. The van der Waals surface area contributed by atoms with E-state index in [-0.39, 0.29) is 12.5 Å². The van der Waals surface area contributed by atoms with E-state index in [9.17, 15) is 9.59 Å². The van der Waals surface area contributed by atoms with Crippen LogP contribution in [0.1, 0.15) is 23.3 Å². The molecule has 2 heterocycles. The molecule has 7 heteroatoms. The van der Waals surface area contributed by atoms with Gasteiger partial charge in [0.1, 0.15) is 16.5 Å². The molecule has 0 spiro atoms. The molecule has 0 bridgehead atoms. The Balaban J connectivity index is 1.80. The first-order valence-electron chi connectivity index (χ1n) is 7.71. The van der Waals surface area contributed by atoms with Crippen molar-refractivity contribution in [3.8, 4) is 16.3 Å². The number of aliphatic carboxylic acids is 1. The van der Waals surface area contributed by atoms with Gasteiger partial charge in [0, 0.05) is 18.5 Å². The molecule has 1 fully saturated rings. The number of carboxylic acid groups (broad SMARTS) is 1. The predicted molar refractivity (Wildman–Crippen MR) is 90.4 cm³/mol. The van der Waals surface area contributed by atoms with E-state index < -0.39 is 11.9 Å². The van der Waals surface area contributed by atoms with Gasteiger partial charge in [-0.3, -0.25) is 9.59 Å². The Morgan fingerprint density at radius 2 is 2.17 bits per heavy atom. The molecule has 1 unspecified atom stereocenters. The molecule has 0 radical (unpaired) electrons. The van der Waals surface area contributed by atoms with Gasteiger partial charge in [-0.05, 0) is 25.0 Å². The summed E-state index contributed by atoms with van der Waals surface area (Å²) in [5.74, 6) is -0.844. The third-order valence-corrected chi connectivity index (χ3v) is 4.99. The maximum atomic E-state index is 12.6. The fourth-order valence-electron chi connectivity index (χ4n) is 2.84. The number of benzene rings is 1. The molecule has 0 aliphatic carbocycles. The number of thiazole rings is 1. The lowest BCUT2D eigenvalue weighted by Gasteiger charge is -2.30. The first-order valence-corrected chi connectivity index (χ1v) is 8.59. The van der Waals surface area contributed by atoms with Crippen molar-refractivity contribution < 1.29 is 19.4 Å². The van der Waals surface area contributed by atoms with Gasteiger partial charge in [-0.2, -0.15) is 0 Å². The summed E-state index contributed by atoms with van der Waals surface area (Å²) < 4.78 is 5.33. The molecule has 2 aromatic rings. The highest BCUT2D eigenvalue weighted by Crippen LogP contribution is 2.32. The zero-order valence-corrected chi connectivity index (χ0v) is 14.1. The molecule has 1 aromatic carbocycles. The van der Waals surface area contributed by atoms with Crippen LogP contribution in [-0.4, -0.2) is 47.1 Å². The second-order valence-corrected chi connectivity index (χ2v) is 6.52. The van der Waals surface area contributed by atoms with Crippen LogP contribution in [0.2, 0.25) is 0 Å². The van der Waals surface area contributed by atoms with Crippen molar-refractivity contribution in [2.24, 2.45) is 5.92 Å². The van der Waals surface area contributed by atoms with E-state index in [1.807, 2.05) is 24.3 Å². The monoisotopic (exact) mass is 346 g/mol. The Morgan fingerprint density at radius 3 is 2.92 bits per heavy atom. The summed E-state index contributed by atoms with van der Waals surface area (Å²) in [4.78, 5) is 29.8. The van der Waals surface area contributed by atoms with Crippen LogP contribution < -0.4 is 4.74 Å². The van der Waals surface area contributed by atoms with Gasteiger partial charge in [0.2, 0.25) is 0 Å². The molecule has 1 atom stereocenters. The van der Waals surface area contributed by atoms with Crippen LogP contribution in [0.5, 0.6) is 5.75 Å². The standard InChI is InChI=1S/C17H18N2O4S/c1-23-14-7-3-2-6-12(14)15-18-13(10-24-15)16(20)19-8-4-5-11(9-19)17(21)22/h2-3,6-7,10-11H,4-5,8-9H2,1H3,(H,21,22). The molecule has 6 nitrogen and oxygen atoms in total. The molecule has 0 saturated carbocycles. The van der Waals surface area contributed by atoms with E-state index >= 15 is 0 Å². The van der Waals surface area contributed by atoms with Gasteiger partial charge >= 0.3 is 5.97 Å². The summed E-state index contributed by atoms with van der Waals surface area (Å²) in [5, 5.41) is 11.6. The first kappa shape index (κ1) is 16.4. The smallest absolute Gasteiger partial charge is 0.308 e. The number of carbonyl (C=O) groups excluding carboxylic acids is 1. The number of hydrogen-bond donors (Lipinski definition) is 1. The highest BCUT2D eigenvalue weighted by atomic mass is 32.1. The maximum absolute atomic E-state index is 12.6. The van der Waals surface area contributed by atoms with Crippen molar-refractivity contribution in [3.05, 3.63) is 35.3 Å². The fourth-order valence-corrected chi connectivity index (χ4v) is 3.67. The van der Waals surface area contributed by atoms with Crippen molar-refractivity contribution in [1.29, 1.82) is 0 Å². The Hall–Kier alpha value is -2.41. The molecular weight excluding hydrogens is 328 g/mol. The summed E-state index contributed by atoms with van der Waals surface area (Å²) in [7, 11) is 1.60. The van der Waals surface area contributed by atoms with Gasteiger partial charge in [0.15, 0.2) is 0 Å². The van der Waals surface area contributed by atoms with Gasteiger partial charge < -0.3 is 14.7 Å². The van der Waals surface area contributed by atoms with Crippen LogP contribution in [0, 0.1) is 5.92 Å². The van der Waals surface area contributed by atoms with Gasteiger partial charge in [0.05, 0.1) is 18.6 Å². The number of ether oxygens (including phenoxy) is 1. The molecule has 3 rings (SSSR count). The number of likely N-dealkylation sites (tertiary alicyclic amines) is 1. The average Bonchev–Trinajstić information content (AvgIpc) is 3.11. The lowest BCUT2D eigenvalue weighted by molar-refractivity contribution is -0.143. The fraction of sp³-hybridized carbons (Fsp3) is 0.353. The van der Waals surface area contributed by atoms with Crippen LogP contribution in [0.25, 0.3) is 10.6 Å². The number of nitrogens with zero attached hydrogens (tertiary/aromatic N) is 2. The number of para-hydroxylation sites is 1. The third-order valence-electron chi connectivity index (χ3n) is 4.12. The van der Waals surface area contributed by atoms with Crippen molar-refractivity contribution >= 4 is 23.2 Å². The summed E-state index contributed by atoms with van der Waals surface area (Å²) in [6, 6.07) is 7.51. The van der Waals surface area contributed by atoms with Crippen LogP contribution in [0.4, 0.5) is 0 Å². The summed E-state index contributed by atoms with van der Waals surface area (Å²) in [5.41, 5.74) is 1.19. The Morgan fingerprint density at radius 1 is 1.38 bits per heavy atom. The Bertz CT molecular complexity index is 759. The van der Waals surface area contributed by atoms with E-state index in [0.29, 0.717) is 35.8 Å². The first-order chi connectivity index (χ1) is 11.6. The largest absolute Gasteiger partial charge is 0.496 e. The van der Waals surface area contributed by atoms with Crippen molar-refractivity contribution in [2.45, 2.75) is 12.8 Å². The molecule has 1 aliphatic rings. The van der Waals surface area contributed by atoms with Gasteiger partial charge in [0.25, 0.3) is 5.91 Å². The number of amides is 1. The maximum Gasteiger partial charge on any atom is 0.308 e. The normalized spacial score (nSPS) is 17.5. The summed E-state index contributed by atoms with van der Waals surface area (Å²) >= 11 is 1.38. The minimum atomic E-state index is -0.847. The Labute approximate surface area is 143 Å². The quantitative estimate of drug-likeness (QED) is 0.921. The number of hydrogen-bond acceptors (Lipinski definition) is 5. The number of carboxylic acids is 1. The van der Waals surface area contributed by atoms with Crippen molar-refractivity contribution in [3.63, 3.8) is 0 Å². The van der Waals surface area contributed by atoms with E-state index in [0.717, 1.165) is 5.56 Å². The topological polar surface area (TPSA) is 79.7 Å². The molecule has 1 aromatic heterocycles. The lowest BCUT2D eigenvalue weighted by atomic mass is 9.98. The highest BCUT2D eigenvalue weighted by molar-refractivity contribution is 7.13. The number of methoxy groups -OCH3 is 1. The molecule has 1 saturated heterocycles. The number of rotatable bonds is 4. The lowest BCUT2D eigenvalue weighted by Crippen LogP contribution is -2.42. The molecular formula is C17H18N2O4S. The Kier molecular flexibility index (Phi) is 4.80. The third kappa shape index (κ3) is 3.26. The number of carbonyl (C=O) groups is 2. The zero-order chi connectivity index (χ0) is 17.1. The molecule has 1 N–H and O–H groups in total. The van der Waals surface area contributed by atoms with E-state index in [2.05, 4.69) is 4.98 Å². The average molecular weight is 346 g/mol. The second kappa shape index (κ2) is 7.00. The predicted octanol–water partition coefficient (Wildman–Crippen LogP) is 2.76. The van der Waals surface area contributed by atoms with Gasteiger partial charge in [-0.25, -0.2) is 4.98 Å². The second-order valence-electron chi connectivity index (χ2n) is 5.67.